The van der Waals surface area contributed by atoms with Crippen LogP contribution in [0.4, 0.5) is 0 Å². The molecule has 1 heterocycles. The molecule has 3 nitrogen and oxygen atoms in total. The van der Waals surface area contributed by atoms with E-state index >= 15 is 0 Å². The van der Waals surface area contributed by atoms with Crippen molar-refractivity contribution in [2.75, 3.05) is 33.2 Å². The summed E-state index contributed by atoms with van der Waals surface area (Å²) in [4.78, 5) is 5.18. The molecule has 0 amide bonds. The van der Waals surface area contributed by atoms with Crippen LogP contribution in [0.25, 0.3) is 0 Å². The molecule has 1 saturated carbocycles. The van der Waals surface area contributed by atoms with Gasteiger partial charge in [0.25, 0.3) is 0 Å². The first-order valence-corrected chi connectivity index (χ1v) is 9.99. The van der Waals surface area contributed by atoms with Gasteiger partial charge >= 0.3 is 0 Å². The van der Waals surface area contributed by atoms with Crippen molar-refractivity contribution in [3.05, 3.63) is 0 Å². The highest BCUT2D eigenvalue weighted by atomic mass is 16.5. The Morgan fingerprint density at radius 3 is 2.43 bits per heavy atom. The number of piperazine rings is 1. The molecule has 3 heteroatoms. The third-order valence-electron chi connectivity index (χ3n) is 6.10. The number of hydrogen-bond acceptors (Lipinski definition) is 3. The van der Waals surface area contributed by atoms with Gasteiger partial charge in [0.05, 0.1) is 12.2 Å². The Balaban J connectivity index is 1.62. The number of nitrogens with zero attached hydrogens (tertiary/aromatic N) is 2. The molecule has 2 fully saturated rings. The Kier molecular flexibility index (Phi) is 7.37. The van der Waals surface area contributed by atoms with E-state index in [1.165, 1.54) is 64.7 Å². The van der Waals surface area contributed by atoms with Crippen molar-refractivity contribution in [3.8, 4) is 0 Å². The summed E-state index contributed by atoms with van der Waals surface area (Å²) in [5.74, 6) is 0.947. The number of likely N-dealkylation sites (N-methyl/N-ethyl adjacent to an activating group) is 1. The van der Waals surface area contributed by atoms with Gasteiger partial charge in [-0.3, -0.25) is 4.90 Å². The molecule has 0 N–H and O–H groups in total. The first-order chi connectivity index (χ1) is 10.9. The van der Waals surface area contributed by atoms with E-state index in [4.69, 9.17) is 4.74 Å². The smallest absolute Gasteiger partial charge is 0.0579 e. The maximum absolute atomic E-state index is 6.11. The second kappa shape index (κ2) is 8.82. The van der Waals surface area contributed by atoms with Gasteiger partial charge in [-0.25, -0.2) is 0 Å². The second-order valence-electron chi connectivity index (χ2n) is 8.68. The normalized spacial score (nSPS) is 31.2. The fourth-order valence-corrected chi connectivity index (χ4v) is 4.40. The minimum Gasteiger partial charge on any atom is -0.375 e. The van der Waals surface area contributed by atoms with Crippen molar-refractivity contribution >= 4 is 0 Å². The summed E-state index contributed by atoms with van der Waals surface area (Å²) in [5, 5.41) is 0. The molecule has 2 rings (SSSR count). The van der Waals surface area contributed by atoms with Crippen molar-refractivity contribution < 1.29 is 4.74 Å². The minimum atomic E-state index is 0.342. The lowest BCUT2D eigenvalue weighted by Crippen LogP contribution is -2.58. The minimum absolute atomic E-state index is 0.342. The molecule has 0 aromatic carbocycles. The Bertz CT molecular complexity index is 337. The SMILES string of the molecule is CCC(C)O[C@H]1CC[C@H](CCCN2CCN(C)CC2(C)C)CC1. The van der Waals surface area contributed by atoms with E-state index in [0.717, 1.165) is 12.3 Å². The van der Waals surface area contributed by atoms with Gasteiger partial charge in [0.2, 0.25) is 0 Å². The number of rotatable bonds is 7. The van der Waals surface area contributed by atoms with Gasteiger partial charge < -0.3 is 9.64 Å². The summed E-state index contributed by atoms with van der Waals surface area (Å²) < 4.78 is 6.11. The molecule has 1 unspecified atom stereocenters. The molecule has 1 aliphatic heterocycles. The van der Waals surface area contributed by atoms with Gasteiger partial charge in [0.1, 0.15) is 0 Å². The van der Waals surface area contributed by atoms with Gasteiger partial charge in [-0.1, -0.05) is 6.92 Å². The van der Waals surface area contributed by atoms with Crippen LogP contribution in [0, 0.1) is 5.92 Å². The molecule has 0 bridgehead atoms. The number of hydrogen-bond donors (Lipinski definition) is 0. The lowest BCUT2D eigenvalue weighted by Gasteiger charge is -2.46. The zero-order valence-electron chi connectivity index (χ0n) is 16.3. The van der Waals surface area contributed by atoms with Crippen LogP contribution in [0.15, 0.2) is 0 Å². The molecular weight excluding hydrogens is 284 g/mol. The molecule has 0 aromatic heterocycles. The fraction of sp³-hybridized carbons (Fsp3) is 1.00. The highest BCUT2D eigenvalue weighted by Crippen LogP contribution is 2.31. The monoisotopic (exact) mass is 324 g/mol. The highest BCUT2D eigenvalue weighted by Gasteiger charge is 2.31. The lowest BCUT2D eigenvalue weighted by molar-refractivity contribution is -0.0303. The Labute approximate surface area is 144 Å². The summed E-state index contributed by atoms with van der Waals surface area (Å²) in [7, 11) is 2.25. The van der Waals surface area contributed by atoms with Gasteiger partial charge in [0, 0.05) is 25.2 Å². The largest absolute Gasteiger partial charge is 0.375 e. The molecule has 0 spiro atoms. The van der Waals surface area contributed by atoms with Crippen LogP contribution < -0.4 is 0 Å². The molecule has 1 saturated heterocycles. The summed E-state index contributed by atoms with van der Waals surface area (Å²) in [6, 6.07) is 0. The van der Waals surface area contributed by atoms with E-state index in [1.807, 2.05) is 0 Å². The Morgan fingerprint density at radius 1 is 1.13 bits per heavy atom. The van der Waals surface area contributed by atoms with Crippen LogP contribution in [0.3, 0.4) is 0 Å². The maximum Gasteiger partial charge on any atom is 0.0579 e. The van der Waals surface area contributed by atoms with Crippen molar-refractivity contribution in [2.45, 2.75) is 90.4 Å². The molecule has 1 atom stereocenters. The van der Waals surface area contributed by atoms with Crippen LogP contribution in [0.5, 0.6) is 0 Å². The summed E-state index contributed by atoms with van der Waals surface area (Å²) in [6.45, 7) is 14.2. The van der Waals surface area contributed by atoms with E-state index in [2.05, 4.69) is 44.5 Å². The average Bonchev–Trinajstić information content (AvgIpc) is 2.50. The standard InChI is InChI=1S/C20H40N2O/c1-6-17(2)23-19-11-9-18(10-12-19)8-7-13-22-15-14-21(5)16-20(22,3)4/h17-19H,6-16H2,1-5H3/t17?,18-,19-. The Morgan fingerprint density at radius 2 is 1.83 bits per heavy atom. The van der Waals surface area contributed by atoms with Crippen LogP contribution in [-0.4, -0.2) is 60.8 Å². The summed E-state index contributed by atoms with van der Waals surface area (Å²) >= 11 is 0. The molecular formula is C20H40N2O. The number of ether oxygens (including phenoxy) is 1. The molecule has 23 heavy (non-hydrogen) atoms. The first kappa shape index (κ1) is 19.2. The van der Waals surface area contributed by atoms with Crippen LogP contribution >= 0.6 is 0 Å². The maximum atomic E-state index is 6.11. The average molecular weight is 325 g/mol. The van der Waals surface area contributed by atoms with Gasteiger partial charge in [-0.05, 0) is 85.2 Å². The topological polar surface area (TPSA) is 15.7 Å². The predicted molar refractivity (Wildman–Crippen MR) is 99.0 cm³/mol. The molecule has 136 valence electrons. The van der Waals surface area contributed by atoms with E-state index < -0.39 is 0 Å². The first-order valence-electron chi connectivity index (χ1n) is 9.99. The zero-order chi connectivity index (χ0) is 16.9. The van der Waals surface area contributed by atoms with Crippen molar-refractivity contribution in [3.63, 3.8) is 0 Å². The predicted octanol–water partition coefficient (Wildman–Crippen LogP) is 4.17. The van der Waals surface area contributed by atoms with Gasteiger partial charge in [0.15, 0.2) is 0 Å². The summed E-state index contributed by atoms with van der Waals surface area (Å²) in [5.41, 5.74) is 0.342. The third-order valence-corrected chi connectivity index (χ3v) is 6.10. The van der Waals surface area contributed by atoms with E-state index in [-0.39, 0.29) is 0 Å². The molecule has 0 aromatic rings. The Hall–Kier alpha value is -0.120. The zero-order valence-corrected chi connectivity index (χ0v) is 16.3. The van der Waals surface area contributed by atoms with Crippen molar-refractivity contribution in [1.29, 1.82) is 0 Å². The van der Waals surface area contributed by atoms with Crippen molar-refractivity contribution in [2.24, 2.45) is 5.92 Å². The second-order valence-corrected chi connectivity index (χ2v) is 8.68. The summed E-state index contributed by atoms with van der Waals surface area (Å²) in [6.07, 6.45) is 10.2. The van der Waals surface area contributed by atoms with Crippen LogP contribution in [0.2, 0.25) is 0 Å². The molecule has 0 radical (unpaired) electrons. The third kappa shape index (κ3) is 6.03. The van der Waals surface area contributed by atoms with Gasteiger partial charge in [-0.2, -0.15) is 0 Å². The fourth-order valence-electron chi connectivity index (χ4n) is 4.40. The van der Waals surface area contributed by atoms with E-state index in [0.29, 0.717) is 17.7 Å². The molecule has 1 aliphatic carbocycles. The highest BCUT2D eigenvalue weighted by molar-refractivity contribution is 4.89. The van der Waals surface area contributed by atoms with Crippen LogP contribution in [0.1, 0.15) is 72.6 Å². The van der Waals surface area contributed by atoms with Crippen molar-refractivity contribution in [1.82, 2.24) is 9.80 Å². The van der Waals surface area contributed by atoms with E-state index in [9.17, 15) is 0 Å². The van der Waals surface area contributed by atoms with Gasteiger partial charge in [-0.15, -0.1) is 0 Å². The quantitative estimate of drug-likeness (QED) is 0.699. The lowest BCUT2D eigenvalue weighted by atomic mass is 9.84. The van der Waals surface area contributed by atoms with Crippen LogP contribution in [-0.2, 0) is 4.74 Å². The van der Waals surface area contributed by atoms with E-state index in [1.54, 1.807) is 0 Å². The molecule has 2 aliphatic rings.